The molecule has 4 nitrogen and oxygen atoms in total. The highest BCUT2D eigenvalue weighted by Crippen LogP contribution is 2.49. The molecule has 4 heteroatoms. The fourth-order valence-corrected chi connectivity index (χ4v) is 4.94. The Balaban J connectivity index is 1.60. The monoisotopic (exact) mass is 293 g/mol. The third-order valence-corrected chi connectivity index (χ3v) is 6.10. The average Bonchev–Trinajstić information content (AvgIpc) is 2.53. The number of carbonyl (C=O) groups is 2. The van der Waals surface area contributed by atoms with Gasteiger partial charge in [0.25, 0.3) is 0 Å². The van der Waals surface area contributed by atoms with Gasteiger partial charge in [-0.25, -0.2) is 0 Å². The van der Waals surface area contributed by atoms with Gasteiger partial charge in [-0.2, -0.15) is 0 Å². The largest absolute Gasteiger partial charge is 0.481 e. The molecule has 2 atom stereocenters. The summed E-state index contributed by atoms with van der Waals surface area (Å²) in [7, 11) is 0. The van der Waals surface area contributed by atoms with E-state index < -0.39 is 11.9 Å². The van der Waals surface area contributed by atoms with E-state index in [4.69, 9.17) is 0 Å². The maximum absolute atomic E-state index is 12.6. The first kappa shape index (κ1) is 14.9. The van der Waals surface area contributed by atoms with E-state index in [1.807, 2.05) is 0 Å². The predicted octanol–water partition coefficient (Wildman–Crippen LogP) is 2.82. The van der Waals surface area contributed by atoms with E-state index in [1.54, 1.807) is 0 Å². The molecule has 4 aliphatic rings. The summed E-state index contributed by atoms with van der Waals surface area (Å²) < 4.78 is 0. The van der Waals surface area contributed by atoms with E-state index in [2.05, 4.69) is 5.32 Å². The summed E-state index contributed by atoms with van der Waals surface area (Å²) in [6, 6.07) is 0. The molecule has 118 valence electrons. The van der Waals surface area contributed by atoms with Gasteiger partial charge in [0, 0.05) is 6.54 Å². The third-order valence-electron chi connectivity index (χ3n) is 6.10. The molecule has 21 heavy (non-hydrogen) atoms. The normalized spacial score (nSPS) is 36.4. The van der Waals surface area contributed by atoms with Crippen molar-refractivity contribution < 1.29 is 14.7 Å². The average molecular weight is 293 g/mol. The number of rotatable bonds is 4. The van der Waals surface area contributed by atoms with Crippen LogP contribution in [-0.2, 0) is 9.59 Å². The molecule has 0 aromatic rings. The molecule has 4 aliphatic carbocycles. The van der Waals surface area contributed by atoms with Crippen LogP contribution in [0, 0.1) is 29.6 Å². The zero-order valence-electron chi connectivity index (χ0n) is 12.7. The molecule has 0 aliphatic heterocycles. The predicted molar refractivity (Wildman–Crippen MR) is 79.6 cm³/mol. The van der Waals surface area contributed by atoms with E-state index in [0.29, 0.717) is 11.8 Å². The summed E-state index contributed by atoms with van der Waals surface area (Å²) in [4.78, 5) is 24.2. The van der Waals surface area contributed by atoms with Crippen molar-refractivity contribution in [3.8, 4) is 0 Å². The lowest BCUT2D eigenvalue weighted by Crippen LogP contribution is -2.51. The van der Waals surface area contributed by atoms with Crippen LogP contribution >= 0.6 is 0 Å². The number of hydrogen-bond acceptors (Lipinski definition) is 2. The van der Waals surface area contributed by atoms with Gasteiger partial charge in [0.05, 0.1) is 11.8 Å². The lowest BCUT2D eigenvalue weighted by molar-refractivity contribution is -0.158. The Kier molecular flexibility index (Phi) is 4.51. The lowest BCUT2D eigenvalue weighted by Gasteiger charge is -2.45. The van der Waals surface area contributed by atoms with Gasteiger partial charge in [-0.3, -0.25) is 9.59 Å². The van der Waals surface area contributed by atoms with E-state index in [-0.39, 0.29) is 17.7 Å². The number of carboxylic acid groups (broad SMARTS) is 1. The minimum Gasteiger partial charge on any atom is -0.481 e. The molecule has 0 aromatic carbocycles. The van der Waals surface area contributed by atoms with Crippen LogP contribution in [0.15, 0.2) is 0 Å². The van der Waals surface area contributed by atoms with Crippen LogP contribution in [0.5, 0.6) is 0 Å². The Hall–Kier alpha value is -1.06. The van der Waals surface area contributed by atoms with Gasteiger partial charge in [-0.15, -0.1) is 0 Å². The molecule has 0 heterocycles. The van der Waals surface area contributed by atoms with Crippen LogP contribution in [0.1, 0.15) is 57.8 Å². The second-order valence-electron chi connectivity index (χ2n) is 7.31. The Morgan fingerprint density at radius 2 is 1.43 bits per heavy atom. The van der Waals surface area contributed by atoms with Crippen LogP contribution in [-0.4, -0.2) is 23.5 Å². The quantitative estimate of drug-likeness (QED) is 0.837. The number of aliphatic carboxylic acids is 1. The van der Waals surface area contributed by atoms with Crippen molar-refractivity contribution in [3.05, 3.63) is 0 Å². The van der Waals surface area contributed by atoms with Gasteiger partial charge < -0.3 is 10.4 Å². The van der Waals surface area contributed by atoms with Crippen molar-refractivity contribution in [2.45, 2.75) is 57.8 Å². The summed E-state index contributed by atoms with van der Waals surface area (Å²) in [5.74, 6) is -0.348. The lowest BCUT2D eigenvalue weighted by atomic mass is 9.58. The van der Waals surface area contributed by atoms with E-state index in [9.17, 15) is 14.7 Å². The zero-order valence-corrected chi connectivity index (χ0v) is 12.7. The molecule has 2 N–H and O–H groups in total. The van der Waals surface area contributed by atoms with Gasteiger partial charge in [-0.1, -0.05) is 19.3 Å². The first-order valence-electron chi connectivity index (χ1n) is 8.67. The van der Waals surface area contributed by atoms with Crippen LogP contribution < -0.4 is 5.32 Å². The standard InChI is InChI=1S/C17H27NO3/c19-16(18-10-11-4-2-1-3-5-11)14-12-6-8-13(9-7-12)15(14)17(20)21/h11-15H,1-10H2,(H,18,19)(H,20,21). The first-order valence-corrected chi connectivity index (χ1v) is 8.67. The number of carboxylic acids is 1. The highest BCUT2D eigenvalue weighted by Gasteiger charge is 2.50. The Labute approximate surface area is 126 Å². The molecule has 0 aromatic heterocycles. The SMILES string of the molecule is O=C(O)C1C2CCC(CC2)C1C(=O)NCC1CCCCC1. The number of fused-ring (bicyclic) bond motifs is 3. The molecule has 4 fully saturated rings. The maximum atomic E-state index is 12.6. The van der Waals surface area contributed by atoms with Crippen molar-refractivity contribution in [1.29, 1.82) is 0 Å². The second kappa shape index (κ2) is 6.37. The fourth-order valence-electron chi connectivity index (χ4n) is 4.94. The van der Waals surface area contributed by atoms with Crippen molar-refractivity contribution in [3.63, 3.8) is 0 Å². The molecule has 2 bridgehead atoms. The van der Waals surface area contributed by atoms with Crippen LogP contribution in [0.2, 0.25) is 0 Å². The van der Waals surface area contributed by atoms with Crippen molar-refractivity contribution in [1.82, 2.24) is 5.32 Å². The van der Waals surface area contributed by atoms with Crippen molar-refractivity contribution >= 4 is 11.9 Å². The zero-order chi connectivity index (χ0) is 14.8. The van der Waals surface area contributed by atoms with Crippen molar-refractivity contribution in [2.24, 2.45) is 29.6 Å². The second-order valence-corrected chi connectivity index (χ2v) is 7.31. The highest BCUT2D eigenvalue weighted by atomic mass is 16.4. The number of nitrogens with one attached hydrogen (secondary N) is 1. The topological polar surface area (TPSA) is 66.4 Å². The summed E-state index contributed by atoms with van der Waals surface area (Å²) in [6.07, 6.45) is 10.3. The molecule has 0 saturated heterocycles. The summed E-state index contributed by atoms with van der Waals surface area (Å²) in [5.41, 5.74) is 0. The Morgan fingerprint density at radius 1 is 0.857 bits per heavy atom. The minimum absolute atomic E-state index is 0.0161. The van der Waals surface area contributed by atoms with Gasteiger partial charge in [0.1, 0.15) is 0 Å². The van der Waals surface area contributed by atoms with Crippen molar-refractivity contribution in [2.75, 3.05) is 6.54 Å². The smallest absolute Gasteiger partial charge is 0.307 e. The summed E-state index contributed by atoms with van der Waals surface area (Å²) in [6.45, 7) is 0.749. The minimum atomic E-state index is -0.762. The third kappa shape index (κ3) is 3.09. The highest BCUT2D eigenvalue weighted by molar-refractivity contribution is 5.85. The molecule has 1 amide bonds. The van der Waals surface area contributed by atoms with Gasteiger partial charge in [0.2, 0.25) is 5.91 Å². The van der Waals surface area contributed by atoms with Crippen LogP contribution in [0.3, 0.4) is 0 Å². The first-order chi connectivity index (χ1) is 10.2. The number of carbonyl (C=O) groups excluding carboxylic acids is 1. The molecule has 0 spiro atoms. The van der Waals surface area contributed by atoms with Gasteiger partial charge >= 0.3 is 5.97 Å². The number of amides is 1. The molecule has 4 rings (SSSR count). The van der Waals surface area contributed by atoms with E-state index in [0.717, 1.165) is 32.2 Å². The maximum Gasteiger partial charge on any atom is 0.307 e. The fraction of sp³-hybridized carbons (Fsp3) is 0.882. The van der Waals surface area contributed by atoms with E-state index >= 15 is 0 Å². The molecule has 2 unspecified atom stereocenters. The summed E-state index contributed by atoms with van der Waals surface area (Å²) in [5, 5.41) is 12.6. The van der Waals surface area contributed by atoms with E-state index in [1.165, 1.54) is 32.1 Å². The molecular weight excluding hydrogens is 266 g/mol. The van der Waals surface area contributed by atoms with Gasteiger partial charge in [0.15, 0.2) is 0 Å². The van der Waals surface area contributed by atoms with Crippen LogP contribution in [0.25, 0.3) is 0 Å². The Bertz CT molecular complexity index is 395. The number of hydrogen-bond donors (Lipinski definition) is 2. The molecule has 0 radical (unpaired) electrons. The summed E-state index contributed by atoms with van der Waals surface area (Å²) >= 11 is 0. The molecule has 4 saturated carbocycles. The van der Waals surface area contributed by atoms with Gasteiger partial charge in [-0.05, 0) is 56.3 Å². The molecular formula is C17H27NO3. The van der Waals surface area contributed by atoms with Crippen LogP contribution in [0.4, 0.5) is 0 Å². The Morgan fingerprint density at radius 3 is 2.00 bits per heavy atom.